The SMILES string of the molecule is CC(C)Oc1cccc(/C=C/C(=O)Nc2cccc(Br)c2)c1. The van der Waals surface area contributed by atoms with Crippen molar-refractivity contribution >= 4 is 33.6 Å². The van der Waals surface area contributed by atoms with E-state index < -0.39 is 0 Å². The van der Waals surface area contributed by atoms with Crippen LogP contribution in [0.1, 0.15) is 19.4 Å². The van der Waals surface area contributed by atoms with E-state index in [4.69, 9.17) is 4.74 Å². The van der Waals surface area contributed by atoms with Crippen molar-refractivity contribution in [2.75, 3.05) is 5.32 Å². The van der Waals surface area contributed by atoms with E-state index in [1.807, 2.05) is 62.4 Å². The minimum absolute atomic E-state index is 0.124. The van der Waals surface area contributed by atoms with Gasteiger partial charge in [0.25, 0.3) is 0 Å². The fourth-order valence-corrected chi connectivity index (χ4v) is 2.29. The first-order valence-corrected chi connectivity index (χ1v) is 7.83. The molecule has 3 nitrogen and oxygen atoms in total. The second kappa shape index (κ2) is 7.80. The standard InChI is InChI=1S/C18H18BrNO2/c1-13(2)22-17-8-3-5-14(11-17)9-10-18(21)20-16-7-4-6-15(19)12-16/h3-13H,1-2H3,(H,20,21)/b10-9+. The molecule has 1 N–H and O–H groups in total. The Labute approximate surface area is 139 Å². The average molecular weight is 360 g/mol. The lowest BCUT2D eigenvalue weighted by Gasteiger charge is -2.09. The molecule has 0 radical (unpaired) electrons. The number of nitrogens with one attached hydrogen (secondary N) is 1. The Morgan fingerprint density at radius 2 is 1.95 bits per heavy atom. The Hall–Kier alpha value is -2.07. The van der Waals surface area contributed by atoms with Gasteiger partial charge in [-0.05, 0) is 55.8 Å². The van der Waals surface area contributed by atoms with Gasteiger partial charge in [0.1, 0.15) is 5.75 Å². The summed E-state index contributed by atoms with van der Waals surface area (Å²) in [6, 6.07) is 15.1. The molecule has 0 fully saturated rings. The predicted molar refractivity (Wildman–Crippen MR) is 94.0 cm³/mol. The number of anilines is 1. The molecule has 0 aliphatic carbocycles. The molecular formula is C18H18BrNO2. The highest BCUT2D eigenvalue weighted by atomic mass is 79.9. The van der Waals surface area contributed by atoms with Gasteiger partial charge >= 0.3 is 0 Å². The molecule has 4 heteroatoms. The van der Waals surface area contributed by atoms with E-state index in [1.54, 1.807) is 6.08 Å². The molecule has 1 amide bonds. The topological polar surface area (TPSA) is 38.3 Å². The lowest BCUT2D eigenvalue weighted by Crippen LogP contribution is -2.07. The molecule has 0 spiro atoms. The number of rotatable bonds is 5. The van der Waals surface area contributed by atoms with Crippen molar-refractivity contribution in [1.29, 1.82) is 0 Å². The molecule has 0 heterocycles. The van der Waals surface area contributed by atoms with Crippen molar-refractivity contribution in [2.24, 2.45) is 0 Å². The predicted octanol–water partition coefficient (Wildman–Crippen LogP) is 4.89. The summed E-state index contributed by atoms with van der Waals surface area (Å²) in [6.07, 6.45) is 3.40. The third-order valence-corrected chi connectivity index (χ3v) is 3.24. The first-order chi connectivity index (χ1) is 10.5. The van der Waals surface area contributed by atoms with Gasteiger partial charge in [-0.15, -0.1) is 0 Å². The number of carbonyl (C=O) groups excluding carboxylic acids is 1. The minimum Gasteiger partial charge on any atom is -0.491 e. The van der Waals surface area contributed by atoms with Gasteiger partial charge in [0.05, 0.1) is 6.10 Å². The quantitative estimate of drug-likeness (QED) is 0.771. The van der Waals surface area contributed by atoms with Crippen LogP contribution in [-0.4, -0.2) is 12.0 Å². The van der Waals surface area contributed by atoms with Crippen LogP contribution < -0.4 is 10.1 Å². The lowest BCUT2D eigenvalue weighted by molar-refractivity contribution is -0.111. The van der Waals surface area contributed by atoms with Crippen molar-refractivity contribution in [3.8, 4) is 5.75 Å². The maximum Gasteiger partial charge on any atom is 0.248 e. The molecule has 114 valence electrons. The van der Waals surface area contributed by atoms with E-state index in [2.05, 4.69) is 21.2 Å². The maximum atomic E-state index is 11.9. The van der Waals surface area contributed by atoms with Crippen molar-refractivity contribution in [1.82, 2.24) is 0 Å². The number of halogens is 1. The van der Waals surface area contributed by atoms with Gasteiger partial charge in [0.2, 0.25) is 5.91 Å². The molecule has 2 rings (SSSR count). The Kier molecular flexibility index (Phi) is 5.78. The monoisotopic (exact) mass is 359 g/mol. The largest absolute Gasteiger partial charge is 0.491 e. The number of hydrogen-bond donors (Lipinski definition) is 1. The van der Waals surface area contributed by atoms with Crippen LogP contribution in [0.2, 0.25) is 0 Å². The van der Waals surface area contributed by atoms with E-state index in [0.717, 1.165) is 21.5 Å². The van der Waals surface area contributed by atoms with Crippen LogP contribution in [0.4, 0.5) is 5.69 Å². The van der Waals surface area contributed by atoms with Crippen LogP contribution in [0, 0.1) is 0 Å². The van der Waals surface area contributed by atoms with Crippen LogP contribution in [-0.2, 0) is 4.79 Å². The zero-order valence-electron chi connectivity index (χ0n) is 12.5. The van der Waals surface area contributed by atoms with Gasteiger partial charge in [-0.2, -0.15) is 0 Å². The summed E-state index contributed by atoms with van der Waals surface area (Å²) in [4.78, 5) is 11.9. The lowest BCUT2D eigenvalue weighted by atomic mass is 10.2. The van der Waals surface area contributed by atoms with Crippen LogP contribution in [0.3, 0.4) is 0 Å². The smallest absolute Gasteiger partial charge is 0.248 e. The molecule has 2 aromatic rings. The maximum absolute atomic E-state index is 11.9. The fraction of sp³-hybridized carbons (Fsp3) is 0.167. The Bertz CT molecular complexity index is 680. The van der Waals surface area contributed by atoms with Gasteiger partial charge in [-0.1, -0.05) is 34.1 Å². The second-order valence-corrected chi connectivity index (χ2v) is 5.99. The van der Waals surface area contributed by atoms with Crippen LogP contribution in [0.15, 0.2) is 59.1 Å². The Morgan fingerprint density at radius 3 is 2.68 bits per heavy atom. The number of carbonyl (C=O) groups is 1. The highest BCUT2D eigenvalue weighted by molar-refractivity contribution is 9.10. The van der Waals surface area contributed by atoms with Gasteiger partial charge < -0.3 is 10.1 Å². The highest BCUT2D eigenvalue weighted by Gasteiger charge is 2.00. The van der Waals surface area contributed by atoms with Crippen molar-refractivity contribution in [3.63, 3.8) is 0 Å². The molecule has 0 saturated heterocycles. The van der Waals surface area contributed by atoms with E-state index in [0.29, 0.717) is 0 Å². The zero-order valence-corrected chi connectivity index (χ0v) is 14.1. The summed E-state index contributed by atoms with van der Waals surface area (Å²) in [6.45, 7) is 3.96. The fourth-order valence-electron chi connectivity index (χ4n) is 1.89. The van der Waals surface area contributed by atoms with Crippen molar-refractivity contribution in [2.45, 2.75) is 20.0 Å². The summed E-state index contributed by atoms with van der Waals surface area (Å²) in [5.74, 6) is 0.623. The zero-order chi connectivity index (χ0) is 15.9. The molecule has 0 atom stereocenters. The molecule has 0 saturated carbocycles. The Morgan fingerprint density at radius 1 is 1.18 bits per heavy atom. The van der Waals surface area contributed by atoms with E-state index in [9.17, 15) is 4.79 Å². The van der Waals surface area contributed by atoms with Gasteiger partial charge in [0, 0.05) is 16.2 Å². The summed E-state index contributed by atoms with van der Waals surface area (Å²) >= 11 is 3.37. The summed E-state index contributed by atoms with van der Waals surface area (Å²) in [7, 11) is 0. The second-order valence-electron chi connectivity index (χ2n) is 5.07. The van der Waals surface area contributed by atoms with Crippen molar-refractivity contribution in [3.05, 3.63) is 64.6 Å². The van der Waals surface area contributed by atoms with Crippen molar-refractivity contribution < 1.29 is 9.53 Å². The van der Waals surface area contributed by atoms with Gasteiger partial charge in [0.15, 0.2) is 0 Å². The molecular weight excluding hydrogens is 342 g/mol. The molecule has 2 aromatic carbocycles. The van der Waals surface area contributed by atoms with E-state index in [1.165, 1.54) is 6.08 Å². The van der Waals surface area contributed by atoms with E-state index in [-0.39, 0.29) is 12.0 Å². The summed E-state index contributed by atoms with van der Waals surface area (Å²) in [5.41, 5.74) is 1.67. The van der Waals surface area contributed by atoms with Crippen LogP contribution in [0.5, 0.6) is 5.75 Å². The number of amides is 1. The molecule has 22 heavy (non-hydrogen) atoms. The normalized spacial score (nSPS) is 10.9. The average Bonchev–Trinajstić information content (AvgIpc) is 2.45. The number of hydrogen-bond acceptors (Lipinski definition) is 2. The molecule has 0 bridgehead atoms. The Balaban J connectivity index is 2.00. The minimum atomic E-state index is -0.173. The third kappa shape index (κ3) is 5.37. The van der Waals surface area contributed by atoms with E-state index >= 15 is 0 Å². The highest BCUT2D eigenvalue weighted by Crippen LogP contribution is 2.17. The summed E-state index contributed by atoms with van der Waals surface area (Å²) in [5, 5.41) is 2.81. The van der Waals surface area contributed by atoms with Crippen LogP contribution >= 0.6 is 15.9 Å². The van der Waals surface area contributed by atoms with Crippen LogP contribution in [0.25, 0.3) is 6.08 Å². The van der Waals surface area contributed by atoms with Gasteiger partial charge in [-0.3, -0.25) is 4.79 Å². The first kappa shape index (κ1) is 16.3. The number of ether oxygens (including phenoxy) is 1. The molecule has 0 aliphatic rings. The van der Waals surface area contributed by atoms with Gasteiger partial charge in [-0.25, -0.2) is 0 Å². The number of benzene rings is 2. The third-order valence-electron chi connectivity index (χ3n) is 2.75. The molecule has 0 aliphatic heterocycles. The summed E-state index contributed by atoms with van der Waals surface area (Å²) < 4.78 is 6.55. The molecule has 0 aromatic heterocycles. The first-order valence-electron chi connectivity index (χ1n) is 7.04. The molecule has 0 unspecified atom stereocenters.